The van der Waals surface area contributed by atoms with Crippen LogP contribution in [0.2, 0.25) is 0 Å². The summed E-state index contributed by atoms with van der Waals surface area (Å²) in [6.45, 7) is 2.28. The Kier molecular flexibility index (Phi) is 19.1. The van der Waals surface area contributed by atoms with Crippen molar-refractivity contribution < 1.29 is 0 Å². The monoisotopic (exact) mass is 300 g/mol. The number of rotatable bonds is 16. The molecule has 0 saturated heterocycles. The molecule has 0 spiro atoms. The first-order valence-corrected chi connectivity index (χ1v) is 9.66. The van der Waals surface area contributed by atoms with Gasteiger partial charge in [0.05, 0.1) is 0 Å². The Bertz CT molecular complexity index is 186. The molecule has 120 valence electrons. The van der Waals surface area contributed by atoms with Crippen molar-refractivity contribution in [2.24, 2.45) is 0 Å². The van der Waals surface area contributed by atoms with E-state index in [1.807, 2.05) is 0 Å². The molecule has 0 aliphatic carbocycles. The van der Waals surface area contributed by atoms with Gasteiger partial charge in [0.25, 0.3) is 0 Å². The standard InChI is InChI=1S/C19H37Cl/c1-2-3-4-5-6-7-8-9-10-11-12-13-14-15-16-17-18-19-20/h9-10H,2-8,11-19H2,1H3. The van der Waals surface area contributed by atoms with Crippen LogP contribution >= 0.6 is 11.6 Å². The van der Waals surface area contributed by atoms with Crippen LogP contribution in [0.25, 0.3) is 0 Å². The molecule has 0 aromatic carbocycles. The second-order valence-electron chi connectivity index (χ2n) is 5.98. The largest absolute Gasteiger partial charge is 0.127 e. The third-order valence-electron chi connectivity index (χ3n) is 3.90. The van der Waals surface area contributed by atoms with Gasteiger partial charge in [0.1, 0.15) is 0 Å². The van der Waals surface area contributed by atoms with E-state index in [0.717, 1.165) is 5.88 Å². The van der Waals surface area contributed by atoms with Crippen molar-refractivity contribution in [3.05, 3.63) is 12.2 Å². The van der Waals surface area contributed by atoms with Crippen molar-refractivity contribution in [2.45, 2.75) is 103 Å². The van der Waals surface area contributed by atoms with Gasteiger partial charge in [0, 0.05) is 5.88 Å². The van der Waals surface area contributed by atoms with Gasteiger partial charge in [-0.25, -0.2) is 0 Å². The van der Waals surface area contributed by atoms with E-state index in [-0.39, 0.29) is 0 Å². The second-order valence-corrected chi connectivity index (χ2v) is 6.36. The molecule has 0 amide bonds. The molecule has 0 aliphatic rings. The van der Waals surface area contributed by atoms with Crippen molar-refractivity contribution in [2.75, 3.05) is 5.88 Å². The van der Waals surface area contributed by atoms with Crippen LogP contribution in [0.15, 0.2) is 12.2 Å². The molecule has 1 heteroatoms. The van der Waals surface area contributed by atoms with Crippen LogP contribution in [0.1, 0.15) is 103 Å². The minimum atomic E-state index is 0.837. The van der Waals surface area contributed by atoms with Gasteiger partial charge in [-0.3, -0.25) is 0 Å². The average molecular weight is 301 g/mol. The molecular weight excluding hydrogens is 264 g/mol. The van der Waals surface area contributed by atoms with Gasteiger partial charge in [-0.15, -0.1) is 11.6 Å². The van der Waals surface area contributed by atoms with E-state index >= 15 is 0 Å². The van der Waals surface area contributed by atoms with Crippen LogP contribution < -0.4 is 0 Å². The topological polar surface area (TPSA) is 0 Å². The highest BCUT2D eigenvalue weighted by molar-refractivity contribution is 6.17. The molecule has 0 N–H and O–H groups in total. The number of allylic oxidation sites excluding steroid dienone is 2. The Morgan fingerprint density at radius 2 is 0.950 bits per heavy atom. The summed E-state index contributed by atoms with van der Waals surface area (Å²) in [7, 11) is 0. The van der Waals surface area contributed by atoms with Gasteiger partial charge >= 0.3 is 0 Å². The molecule has 0 atom stereocenters. The molecular formula is C19H37Cl. The molecule has 0 fully saturated rings. The molecule has 0 nitrogen and oxygen atoms in total. The number of halogens is 1. The van der Waals surface area contributed by atoms with Crippen molar-refractivity contribution in [3.63, 3.8) is 0 Å². The fourth-order valence-electron chi connectivity index (χ4n) is 2.52. The highest BCUT2D eigenvalue weighted by Crippen LogP contribution is 2.10. The van der Waals surface area contributed by atoms with Crippen molar-refractivity contribution >= 4 is 11.6 Å². The summed E-state index contributed by atoms with van der Waals surface area (Å²) in [4.78, 5) is 0. The summed E-state index contributed by atoms with van der Waals surface area (Å²) < 4.78 is 0. The predicted molar refractivity (Wildman–Crippen MR) is 94.8 cm³/mol. The van der Waals surface area contributed by atoms with Crippen LogP contribution in [0.5, 0.6) is 0 Å². The van der Waals surface area contributed by atoms with E-state index in [1.165, 1.54) is 96.3 Å². The lowest BCUT2D eigenvalue weighted by atomic mass is 10.1. The number of alkyl halides is 1. The maximum atomic E-state index is 5.66. The van der Waals surface area contributed by atoms with Crippen LogP contribution in [0.4, 0.5) is 0 Å². The molecule has 20 heavy (non-hydrogen) atoms. The molecule has 0 unspecified atom stereocenters. The average Bonchev–Trinajstić information content (AvgIpc) is 2.47. The van der Waals surface area contributed by atoms with Crippen molar-refractivity contribution in [1.82, 2.24) is 0 Å². The lowest BCUT2D eigenvalue weighted by Crippen LogP contribution is -1.81. The minimum absolute atomic E-state index is 0.837. The van der Waals surface area contributed by atoms with Crippen LogP contribution in [0.3, 0.4) is 0 Å². The van der Waals surface area contributed by atoms with Crippen molar-refractivity contribution in [3.8, 4) is 0 Å². The molecule has 0 aliphatic heterocycles. The maximum absolute atomic E-state index is 5.66. The van der Waals surface area contributed by atoms with Gasteiger partial charge in [-0.05, 0) is 32.1 Å². The highest BCUT2D eigenvalue weighted by atomic mass is 35.5. The predicted octanol–water partition coefficient (Wildman–Crippen LogP) is 7.65. The third kappa shape index (κ3) is 18.0. The van der Waals surface area contributed by atoms with E-state index in [9.17, 15) is 0 Å². The van der Waals surface area contributed by atoms with Crippen LogP contribution in [-0.4, -0.2) is 5.88 Å². The smallest absolute Gasteiger partial charge is 0.0223 e. The van der Waals surface area contributed by atoms with E-state index in [1.54, 1.807) is 0 Å². The molecule has 0 heterocycles. The molecule has 0 aromatic rings. The summed E-state index contributed by atoms with van der Waals surface area (Å²) in [5, 5.41) is 0. The van der Waals surface area contributed by atoms with Gasteiger partial charge in [0.15, 0.2) is 0 Å². The van der Waals surface area contributed by atoms with Gasteiger partial charge in [0.2, 0.25) is 0 Å². The summed E-state index contributed by atoms with van der Waals surface area (Å²) in [6, 6.07) is 0. The fourth-order valence-corrected chi connectivity index (χ4v) is 2.71. The summed E-state index contributed by atoms with van der Waals surface area (Å²) in [6.07, 6.45) is 25.3. The first-order valence-electron chi connectivity index (χ1n) is 9.12. The summed E-state index contributed by atoms with van der Waals surface area (Å²) >= 11 is 5.66. The zero-order valence-corrected chi connectivity index (χ0v) is 14.6. The van der Waals surface area contributed by atoms with Gasteiger partial charge in [-0.1, -0.05) is 83.3 Å². The summed E-state index contributed by atoms with van der Waals surface area (Å²) in [5.74, 6) is 0.837. The van der Waals surface area contributed by atoms with E-state index in [2.05, 4.69) is 19.1 Å². The number of unbranched alkanes of at least 4 members (excludes halogenated alkanes) is 13. The lowest BCUT2D eigenvalue weighted by molar-refractivity contribution is 0.592. The first-order chi connectivity index (χ1) is 9.91. The minimum Gasteiger partial charge on any atom is -0.127 e. The van der Waals surface area contributed by atoms with Crippen LogP contribution in [0, 0.1) is 0 Å². The Morgan fingerprint density at radius 3 is 1.40 bits per heavy atom. The Hall–Kier alpha value is 0.0300. The first kappa shape index (κ1) is 20.0. The summed E-state index contributed by atoms with van der Waals surface area (Å²) in [5.41, 5.74) is 0. The molecule has 0 rings (SSSR count). The molecule has 0 bridgehead atoms. The molecule has 0 radical (unpaired) electrons. The van der Waals surface area contributed by atoms with E-state index < -0.39 is 0 Å². The zero-order chi connectivity index (χ0) is 14.7. The SMILES string of the molecule is CCCCCCCCC=CCCCCCCCCCCl. The number of hydrogen-bond acceptors (Lipinski definition) is 0. The Balaban J connectivity index is 3.01. The highest BCUT2D eigenvalue weighted by Gasteiger charge is 1.91. The Labute approximate surface area is 133 Å². The normalized spacial score (nSPS) is 11.5. The molecule has 0 saturated carbocycles. The third-order valence-corrected chi connectivity index (χ3v) is 4.16. The van der Waals surface area contributed by atoms with E-state index in [0.29, 0.717) is 0 Å². The van der Waals surface area contributed by atoms with Gasteiger partial charge in [-0.2, -0.15) is 0 Å². The number of hydrogen-bond donors (Lipinski definition) is 0. The quantitative estimate of drug-likeness (QED) is 0.156. The van der Waals surface area contributed by atoms with Crippen LogP contribution in [-0.2, 0) is 0 Å². The lowest BCUT2D eigenvalue weighted by Gasteiger charge is -2.00. The Morgan fingerprint density at radius 1 is 0.550 bits per heavy atom. The van der Waals surface area contributed by atoms with Gasteiger partial charge < -0.3 is 0 Å². The zero-order valence-electron chi connectivity index (χ0n) is 13.8. The second kappa shape index (κ2) is 19.0. The van der Waals surface area contributed by atoms with Crippen molar-refractivity contribution in [1.29, 1.82) is 0 Å². The molecule has 0 aromatic heterocycles. The van der Waals surface area contributed by atoms with E-state index in [4.69, 9.17) is 11.6 Å². The maximum Gasteiger partial charge on any atom is 0.0223 e. The fraction of sp³-hybridized carbons (Fsp3) is 0.895.